The molecule has 0 aromatic heterocycles. The van der Waals surface area contributed by atoms with E-state index in [0.717, 1.165) is 35.8 Å². The lowest BCUT2D eigenvalue weighted by Gasteiger charge is -2.06. The second-order valence-electron chi connectivity index (χ2n) is 5.55. The summed E-state index contributed by atoms with van der Waals surface area (Å²) in [5, 5.41) is 2.98. The molecule has 0 bridgehead atoms. The molecule has 1 heterocycles. The molecule has 126 valence electrons. The Hall–Kier alpha value is -2.14. The number of carbonyl (C=O) groups is 1. The first kappa shape index (κ1) is 16.7. The molecule has 5 heteroatoms. The van der Waals surface area contributed by atoms with Crippen molar-refractivity contribution in [3.05, 3.63) is 54.1 Å². The fourth-order valence-corrected chi connectivity index (χ4v) is 3.32. The quantitative estimate of drug-likeness (QED) is 0.587. The minimum atomic E-state index is 0.0948. The van der Waals surface area contributed by atoms with Crippen LogP contribution < -0.4 is 14.8 Å². The van der Waals surface area contributed by atoms with Gasteiger partial charge in [-0.2, -0.15) is 0 Å². The molecule has 0 aliphatic carbocycles. The van der Waals surface area contributed by atoms with Gasteiger partial charge in [0.15, 0.2) is 11.5 Å². The van der Waals surface area contributed by atoms with Gasteiger partial charge >= 0.3 is 0 Å². The number of hydrogen-bond acceptors (Lipinski definition) is 4. The molecule has 1 amide bonds. The summed E-state index contributed by atoms with van der Waals surface area (Å²) in [5.74, 6) is 2.65. The van der Waals surface area contributed by atoms with Crippen LogP contribution in [0.1, 0.15) is 18.4 Å². The van der Waals surface area contributed by atoms with Crippen LogP contribution in [0.4, 0.5) is 0 Å². The predicted octanol–water partition coefficient (Wildman–Crippen LogP) is 3.65. The third-order valence-corrected chi connectivity index (χ3v) is 4.83. The first-order valence-corrected chi connectivity index (χ1v) is 9.13. The van der Waals surface area contributed by atoms with Crippen molar-refractivity contribution >= 4 is 17.7 Å². The number of carbonyl (C=O) groups excluding carboxylic acids is 1. The second-order valence-corrected chi connectivity index (χ2v) is 6.72. The van der Waals surface area contributed by atoms with E-state index in [1.54, 1.807) is 0 Å². The van der Waals surface area contributed by atoms with Crippen molar-refractivity contribution in [1.82, 2.24) is 5.32 Å². The van der Waals surface area contributed by atoms with Gasteiger partial charge in [0, 0.05) is 17.9 Å². The summed E-state index contributed by atoms with van der Waals surface area (Å²) in [6.45, 7) is 1.00. The number of benzene rings is 2. The van der Waals surface area contributed by atoms with E-state index in [1.807, 2.05) is 48.2 Å². The standard InChI is InChI=1S/C19H21NO3S/c21-19(20-11-4-12-24-16-5-2-1-3-6-16)10-8-15-7-9-17-18(13-15)23-14-22-17/h1-3,5-7,9,13H,4,8,10-12,14H2,(H,20,21). The van der Waals surface area contributed by atoms with Gasteiger partial charge in [-0.25, -0.2) is 0 Å². The Bertz CT molecular complexity index is 676. The van der Waals surface area contributed by atoms with Crippen molar-refractivity contribution in [2.24, 2.45) is 0 Å². The highest BCUT2D eigenvalue weighted by Crippen LogP contribution is 2.32. The Kier molecular flexibility index (Phi) is 6.01. The number of nitrogens with one attached hydrogen (secondary N) is 1. The van der Waals surface area contributed by atoms with E-state index in [1.165, 1.54) is 4.90 Å². The van der Waals surface area contributed by atoms with Gasteiger partial charge in [0.2, 0.25) is 12.7 Å². The predicted molar refractivity (Wildman–Crippen MR) is 95.7 cm³/mol. The number of amides is 1. The number of fused-ring (bicyclic) bond motifs is 1. The molecule has 0 unspecified atom stereocenters. The number of thioether (sulfide) groups is 1. The van der Waals surface area contributed by atoms with Crippen LogP contribution in [-0.2, 0) is 11.2 Å². The Morgan fingerprint density at radius 3 is 2.79 bits per heavy atom. The molecular weight excluding hydrogens is 322 g/mol. The summed E-state index contributed by atoms with van der Waals surface area (Å²) in [4.78, 5) is 13.2. The molecule has 24 heavy (non-hydrogen) atoms. The van der Waals surface area contributed by atoms with Crippen LogP contribution in [0, 0.1) is 0 Å². The molecule has 0 spiro atoms. The normalized spacial score (nSPS) is 12.2. The molecule has 1 aliphatic rings. The van der Waals surface area contributed by atoms with Crippen molar-refractivity contribution in [2.75, 3.05) is 19.1 Å². The topological polar surface area (TPSA) is 47.6 Å². The van der Waals surface area contributed by atoms with Crippen molar-refractivity contribution in [3.63, 3.8) is 0 Å². The molecule has 1 N–H and O–H groups in total. The van der Waals surface area contributed by atoms with Gasteiger partial charge in [-0.3, -0.25) is 4.79 Å². The maximum Gasteiger partial charge on any atom is 0.231 e. The van der Waals surface area contributed by atoms with Gasteiger partial charge < -0.3 is 14.8 Å². The Morgan fingerprint density at radius 1 is 1.08 bits per heavy atom. The molecule has 2 aromatic rings. The lowest BCUT2D eigenvalue weighted by Crippen LogP contribution is -2.24. The van der Waals surface area contributed by atoms with Crippen LogP contribution in [0.2, 0.25) is 0 Å². The third kappa shape index (κ3) is 4.93. The first-order valence-electron chi connectivity index (χ1n) is 8.14. The molecule has 3 rings (SSSR count). The van der Waals surface area contributed by atoms with E-state index in [2.05, 4.69) is 17.4 Å². The zero-order valence-electron chi connectivity index (χ0n) is 13.5. The van der Waals surface area contributed by atoms with Crippen molar-refractivity contribution in [1.29, 1.82) is 0 Å². The van der Waals surface area contributed by atoms with Crippen LogP contribution in [0.15, 0.2) is 53.4 Å². The van der Waals surface area contributed by atoms with E-state index in [-0.39, 0.29) is 12.7 Å². The summed E-state index contributed by atoms with van der Waals surface area (Å²) in [6.07, 6.45) is 2.17. The van der Waals surface area contributed by atoms with E-state index < -0.39 is 0 Å². The average molecular weight is 343 g/mol. The monoisotopic (exact) mass is 343 g/mol. The molecule has 0 saturated carbocycles. The number of aryl methyl sites for hydroxylation is 1. The van der Waals surface area contributed by atoms with Crippen LogP contribution in [0.3, 0.4) is 0 Å². The summed E-state index contributed by atoms with van der Waals surface area (Å²) < 4.78 is 10.6. The van der Waals surface area contributed by atoms with Crippen molar-refractivity contribution < 1.29 is 14.3 Å². The Labute approximate surface area is 146 Å². The van der Waals surface area contributed by atoms with Gasteiger partial charge in [0.05, 0.1) is 0 Å². The van der Waals surface area contributed by atoms with E-state index in [0.29, 0.717) is 12.8 Å². The Balaban J connectivity index is 1.30. The summed E-state index contributed by atoms with van der Waals surface area (Å²) in [7, 11) is 0. The van der Waals surface area contributed by atoms with Gasteiger partial charge in [-0.1, -0.05) is 24.3 Å². The molecule has 4 nitrogen and oxygen atoms in total. The zero-order valence-corrected chi connectivity index (χ0v) is 14.3. The number of ether oxygens (including phenoxy) is 2. The highest BCUT2D eigenvalue weighted by Gasteiger charge is 2.13. The molecular formula is C19H21NO3S. The third-order valence-electron chi connectivity index (χ3n) is 3.73. The van der Waals surface area contributed by atoms with Crippen LogP contribution in [0.25, 0.3) is 0 Å². The van der Waals surface area contributed by atoms with Crippen molar-refractivity contribution in [3.8, 4) is 11.5 Å². The molecule has 0 atom stereocenters. The van der Waals surface area contributed by atoms with Crippen LogP contribution in [-0.4, -0.2) is 25.0 Å². The molecule has 0 fully saturated rings. The van der Waals surface area contributed by atoms with Gasteiger partial charge in [-0.15, -0.1) is 11.8 Å². The van der Waals surface area contributed by atoms with Gasteiger partial charge in [0.25, 0.3) is 0 Å². The van der Waals surface area contributed by atoms with Crippen LogP contribution in [0.5, 0.6) is 11.5 Å². The lowest BCUT2D eigenvalue weighted by atomic mass is 10.1. The zero-order chi connectivity index (χ0) is 16.6. The molecule has 1 aliphatic heterocycles. The second kappa shape index (κ2) is 8.64. The fraction of sp³-hybridized carbons (Fsp3) is 0.316. The maximum atomic E-state index is 11.9. The highest BCUT2D eigenvalue weighted by atomic mass is 32.2. The summed E-state index contributed by atoms with van der Waals surface area (Å²) in [6, 6.07) is 16.1. The maximum absolute atomic E-state index is 11.9. The number of hydrogen-bond donors (Lipinski definition) is 1. The van der Waals surface area contributed by atoms with Gasteiger partial charge in [0.1, 0.15) is 0 Å². The first-order chi connectivity index (χ1) is 11.8. The molecule has 2 aromatic carbocycles. The van der Waals surface area contributed by atoms with E-state index in [9.17, 15) is 4.79 Å². The fourth-order valence-electron chi connectivity index (χ4n) is 2.45. The SMILES string of the molecule is O=C(CCc1ccc2c(c1)OCO2)NCCCSc1ccccc1. The number of rotatable bonds is 8. The van der Waals surface area contributed by atoms with Gasteiger partial charge in [-0.05, 0) is 48.4 Å². The average Bonchev–Trinajstić information content (AvgIpc) is 3.08. The largest absolute Gasteiger partial charge is 0.454 e. The van der Waals surface area contributed by atoms with Crippen LogP contribution >= 0.6 is 11.8 Å². The van der Waals surface area contributed by atoms with E-state index >= 15 is 0 Å². The molecule has 0 radical (unpaired) electrons. The summed E-state index contributed by atoms with van der Waals surface area (Å²) >= 11 is 1.82. The molecule has 0 saturated heterocycles. The smallest absolute Gasteiger partial charge is 0.231 e. The lowest BCUT2D eigenvalue weighted by molar-refractivity contribution is -0.121. The van der Waals surface area contributed by atoms with E-state index in [4.69, 9.17) is 9.47 Å². The minimum Gasteiger partial charge on any atom is -0.454 e. The highest BCUT2D eigenvalue weighted by molar-refractivity contribution is 7.99. The Morgan fingerprint density at radius 2 is 1.92 bits per heavy atom. The van der Waals surface area contributed by atoms with Crippen molar-refractivity contribution in [2.45, 2.75) is 24.2 Å². The summed E-state index contributed by atoms with van der Waals surface area (Å²) in [5.41, 5.74) is 1.09. The minimum absolute atomic E-state index is 0.0948.